The molecular weight excluding hydrogens is 240 g/mol. The molecule has 0 aliphatic carbocycles. The van der Waals surface area contributed by atoms with Crippen molar-refractivity contribution in [3.05, 3.63) is 29.8 Å². The Labute approximate surface area is 115 Å². The minimum Gasteiger partial charge on any atom is -0.491 e. The topological polar surface area (TPSA) is 56.5 Å². The molecule has 1 fully saturated rings. The van der Waals surface area contributed by atoms with Gasteiger partial charge in [0.1, 0.15) is 5.75 Å². The van der Waals surface area contributed by atoms with E-state index in [4.69, 9.17) is 15.3 Å². The molecule has 2 unspecified atom stereocenters. The van der Waals surface area contributed by atoms with E-state index in [9.17, 15) is 0 Å². The van der Waals surface area contributed by atoms with Crippen LogP contribution in [0.15, 0.2) is 24.3 Å². The summed E-state index contributed by atoms with van der Waals surface area (Å²) in [6.45, 7) is 5.78. The third-order valence-corrected chi connectivity index (χ3v) is 3.43. The van der Waals surface area contributed by atoms with Crippen LogP contribution in [0.25, 0.3) is 0 Å². The second-order valence-corrected chi connectivity index (χ2v) is 5.42. The number of rotatable bonds is 6. The zero-order chi connectivity index (χ0) is 13.7. The van der Waals surface area contributed by atoms with Gasteiger partial charge < -0.3 is 9.47 Å². The number of nitrogens with one attached hydrogen (secondary N) is 1. The predicted octanol–water partition coefficient (Wildman–Crippen LogP) is 2.40. The van der Waals surface area contributed by atoms with Crippen molar-refractivity contribution >= 4 is 0 Å². The lowest BCUT2D eigenvalue weighted by atomic mass is 9.94. The minimum atomic E-state index is 0.155. The first-order chi connectivity index (χ1) is 9.19. The Kier molecular flexibility index (Phi) is 5.19. The molecule has 1 aromatic rings. The van der Waals surface area contributed by atoms with Gasteiger partial charge >= 0.3 is 0 Å². The standard InChI is InChI=1S/C15H24N2O2/c1-11(2)19-14-5-3-4-13(9-14)15(17-16)8-12-6-7-18-10-12/h3-5,9,11-12,15,17H,6-8,10,16H2,1-2H3. The molecule has 3 N–H and O–H groups in total. The van der Waals surface area contributed by atoms with Gasteiger partial charge in [0.05, 0.1) is 6.10 Å². The molecular formula is C15H24N2O2. The highest BCUT2D eigenvalue weighted by molar-refractivity contribution is 5.30. The Hall–Kier alpha value is -1.10. The van der Waals surface area contributed by atoms with Crippen LogP contribution >= 0.6 is 0 Å². The molecule has 0 radical (unpaired) electrons. The number of hydrazine groups is 1. The quantitative estimate of drug-likeness (QED) is 0.612. The van der Waals surface area contributed by atoms with Crippen molar-refractivity contribution in [1.29, 1.82) is 0 Å². The van der Waals surface area contributed by atoms with Crippen molar-refractivity contribution in [2.75, 3.05) is 13.2 Å². The number of hydrogen-bond acceptors (Lipinski definition) is 4. The van der Waals surface area contributed by atoms with Gasteiger partial charge in [-0.15, -0.1) is 0 Å². The maximum absolute atomic E-state index is 5.73. The van der Waals surface area contributed by atoms with Gasteiger partial charge in [0.25, 0.3) is 0 Å². The van der Waals surface area contributed by atoms with Crippen molar-refractivity contribution in [1.82, 2.24) is 5.43 Å². The first kappa shape index (κ1) is 14.3. The summed E-state index contributed by atoms with van der Waals surface area (Å²) in [5.74, 6) is 7.19. The van der Waals surface area contributed by atoms with Crippen molar-refractivity contribution < 1.29 is 9.47 Å². The van der Waals surface area contributed by atoms with E-state index in [-0.39, 0.29) is 12.1 Å². The summed E-state index contributed by atoms with van der Waals surface area (Å²) in [5.41, 5.74) is 4.09. The molecule has 4 heteroatoms. The fourth-order valence-electron chi connectivity index (χ4n) is 2.48. The molecule has 106 valence electrons. The van der Waals surface area contributed by atoms with Crippen molar-refractivity contribution in [2.24, 2.45) is 11.8 Å². The molecule has 0 saturated carbocycles. The average Bonchev–Trinajstić information content (AvgIpc) is 2.88. The summed E-state index contributed by atoms with van der Waals surface area (Å²) < 4.78 is 11.1. The van der Waals surface area contributed by atoms with E-state index < -0.39 is 0 Å². The van der Waals surface area contributed by atoms with Crippen LogP contribution in [0, 0.1) is 5.92 Å². The van der Waals surface area contributed by atoms with Crippen LogP contribution in [0.3, 0.4) is 0 Å². The third-order valence-electron chi connectivity index (χ3n) is 3.43. The van der Waals surface area contributed by atoms with E-state index in [2.05, 4.69) is 17.6 Å². The smallest absolute Gasteiger partial charge is 0.120 e. The van der Waals surface area contributed by atoms with Gasteiger partial charge in [0.15, 0.2) is 0 Å². The molecule has 0 bridgehead atoms. The lowest BCUT2D eigenvalue weighted by Crippen LogP contribution is -2.29. The maximum atomic E-state index is 5.73. The van der Waals surface area contributed by atoms with Crippen LogP contribution in [0.5, 0.6) is 5.75 Å². The van der Waals surface area contributed by atoms with Crippen LogP contribution < -0.4 is 16.0 Å². The van der Waals surface area contributed by atoms with E-state index in [1.54, 1.807) is 0 Å². The molecule has 1 aliphatic heterocycles. The van der Waals surface area contributed by atoms with E-state index in [0.717, 1.165) is 31.8 Å². The Morgan fingerprint density at radius 1 is 1.47 bits per heavy atom. The Morgan fingerprint density at radius 3 is 2.95 bits per heavy atom. The molecule has 1 heterocycles. The molecule has 2 atom stereocenters. The summed E-state index contributed by atoms with van der Waals surface area (Å²) in [7, 11) is 0. The van der Waals surface area contributed by atoms with E-state index in [1.807, 2.05) is 26.0 Å². The van der Waals surface area contributed by atoms with Gasteiger partial charge in [-0.1, -0.05) is 12.1 Å². The number of hydrogen-bond donors (Lipinski definition) is 2. The highest BCUT2D eigenvalue weighted by atomic mass is 16.5. The Bertz CT molecular complexity index is 389. The van der Waals surface area contributed by atoms with Crippen molar-refractivity contribution in [3.63, 3.8) is 0 Å². The molecule has 0 aromatic heterocycles. The largest absolute Gasteiger partial charge is 0.491 e. The Balaban J connectivity index is 2.04. The van der Waals surface area contributed by atoms with Gasteiger partial charge in [0, 0.05) is 19.3 Å². The first-order valence-corrected chi connectivity index (χ1v) is 6.99. The van der Waals surface area contributed by atoms with Crippen LogP contribution in [-0.2, 0) is 4.74 Å². The van der Waals surface area contributed by atoms with Gasteiger partial charge in [0.2, 0.25) is 0 Å². The van der Waals surface area contributed by atoms with E-state index in [1.165, 1.54) is 5.56 Å². The molecule has 1 aromatic carbocycles. The SMILES string of the molecule is CC(C)Oc1cccc(C(CC2CCOC2)NN)c1. The van der Waals surface area contributed by atoms with Crippen LogP contribution in [0.2, 0.25) is 0 Å². The molecule has 19 heavy (non-hydrogen) atoms. The molecule has 4 nitrogen and oxygen atoms in total. The van der Waals surface area contributed by atoms with Crippen LogP contribution in [0.1, 0.15) is 38.3 Å². The molecule has 0 spiro atoms. The van der Waals surface area contributed by atoms with E-state index in [0.29, 0.717) is 5.92 Å². The van der Waals surface area contributed by atoms with Crippen LogP contribution in [-0.4, -0.2) is 19.3 Å². The van der Waals surface area contributed by atoms with E-state index >= 15 is 0 Å². The fourth-order valence-corrected chi connectivity index (χ4v) is 2.48. The lowest BCUT2D eigenvalue weighted by molar-refractivity contribution is 0.181. The molecule has 1 aliphatic rings. The summed E-state index contributed by atoms with van der Waals surface area (Å²) in [6.07, 6.45) is 2.31. The Morgan fingerprint density at radius 2 is 2.32 bits per heavy atom. The van der Waals surface area contributed by atoms with Crippen molar-refractivity contribution in [2.45, 2.75) is 38.8 Å². The summed E-state index contributed by atoms with van der Waals surface area (Å²) in [6, 6.07) is 8.31. The highest BCUT2D eigenvalue weighted by Crippen LogP contribution is 2.28. The van der Waals surface area contributed by atoms with Gasteiger partial charge in [-0.3, -0.25) is 11.3 Å². The summed E-state index contributed by atoms with van der Waals surface area (Å²) >= 11 is 0. The second-order valence-electron chi connectivity index (χ2n) is 5.42. The number of ether oxygens (including phenoxy) is 2. The second kappa shape index (κ2) is 6.89. The zero-order valence-corrected chi connectivity index (χ0v) is 11.8. The minimum absolute atomic E-state index is 0.155. The van der Waals surface area contributed by atoms with Crippen molar-refractivity contribution in [3.8, 4) is 5.75 Å². The predicted molar refractivity (Wildman–Crippen MR) is 75.8 cm³/mol. The summed E-state index contributed by atoms with van der Waals surface area (Å²) in [5, 5.41) is 0. The monoisotopic (exact) mass is 264 g/mol. The van der Waals surface area contributed by atoms with Crippen LogP contribution in [0.4, 0.5) is 0 Å². The first-order valence-electron chi connectivity index (χ1n) is 6.99. The maximum Gasteiger partial charge on any atom is 0.120 e. The number of nitrogens with two attached hydrogens (primary N) is 1. The molecule has 2 rings (SSSR count). The fraction of sp³-hybridized carbons (Fsp3) is 0.600. The third kappa shape index (κ3) is 4.20. The lowest BCUT2D eigenvalue weighted by Gasteiger charge is -2.20. The number of benzene rings is 1. The molecule has 1 saturated heterocycles. The normalized spacial score (nSPS) is 20.7. The van der Waals surface area contributed by atoms with Gasteiger partial charge in [-0.2, -0.15) is 0 Å². The zero-order valence-electron chi connectivity index (χ0n) is 11.8. The van der Waals surface area contributed by atoms with Gasteiger partial charge in [-0.05, 0) is 50.3 Å². The highest BCUT2D eigenvalue weighted by Gasteiger charge is 2.21. The molecule has 0 amide bonds. The van der Waals surface area contributed by atoms with Gasteiger partial charge in [-0.25, -0.2) is 0 Å². The average molecular weight is 264 g/mol. The summed E-state index contributed by atoms with van der Waals surface area (Å²) in [4.78, 5) is 0.